The van der Waals surface area contributed by atoms with Gasteiger partial charge in [-0.15, -0.1) is 0 Å². The Labute approximate surface area is 116 Å². The highest BCUT2D eigenvalue weighted by atomic mass is 16.2. The van der Waals surface area contributed by atoms with Crippen molar-refractivity contribution in [2.45, 2.75) is 26.7 Å². The molecule has 1 atom stereocenters. The van der Waals surface area contributed by atoms with Crippen molar-refractivity contribution in [3.63, 3.8) is 0 Å². The number of anilines is 1. The lowest BCUT2D eigenvalue weighted by atomic mass is 9.88. The molecular formula is C16H24N2O. The van der Waals surface area contributed by atoms with Crippen LogP contribution in [0.15, 0.2) is 18.2 Å². The average Bonchev–Trinajstić information content (AvgIpc) is 2.64. The number of amides is 1. The molecule has 0 aliphatic carbocycles. The SMILES string of the molecule is CNCC(Cc1ccc2c(c1)CC(=O)N2C)C(C)C. The first-order chi connectivity index (χ1) is 9.02. The Morgan fingerprint density at radius 3 is 2.74 bits per heavy atom. The van der Waals surface area contributed by atoms with Gasteiger partial charge >= 0.3 is 0 Å². The van der Waals surface area contributed by atoms with Crippen LogP contribution in [0.3, 0.4) is 0 Å². The highest BCUT2D eigenvalue weighted by Crippen LogP contribution is 2.29. The smallest absolute Gasteiger partial charge is 0.231 e. The van der Waals surface area contributed by atoms with Gasteiger partial charge in [-0.25, -0.2) is 0 Å². The molecule has 0 spiro atoms. The van der Waals surface area contributed by atoms with E-state index in [4.69, 9.17) is 0 Å². The lowest BCUT2D eigenvalue weighted by Crippen LogP contribution is -2.25. The van der Waals surface area contributed by atoms with Gasteiger partial charge in [0.2, 0.25) is 5.91 Å². The van der Waals surface area contributed by atoms with Crippen molar-refractivity contribution in [2.75, 3.05) is 25.5 Å². The topological polar surface area (TPSA) is 32.3 Å². The van der Waals surface area contributed by atoms with Crippen LogP contribution in [0, 0.1) is 11.8 Å². The minimum atomic E-state index is 0.197. The lowest BCUT2D eigenvalue weighted by molar-refractivity contribution is -0.117. The molecule has 1 aromatic rings. The van der Waals surface area contributed by atoms with Crippen molar-refractivity contribution in [1.82, 2.24) is 5.32 Å². The van der Waals surface area contributed by atoms with Crippen molar-refractivity contribution < 1.29 is 4.79 Å². The quantitative estimate of drug-likeness (QED) is 0.880. The Morgan fingerprint density at radius 1 is 1.37 bits per heavy atom. The van der Waals surface area contributed by atoms with Gasteiger partial charge in [0.25, 0.3) is 0 Å². The van der Waals surface area contributed by atoms with E-state index in [2.05, 4.69) is 37.4 Å². The Bertz CT molecular complexity index is 468. The van der Waals surface area contributed by atoms with E-state index < -0.39 is 0 Å². The number of rotatable bonds is 5. The molecule has 1 aromatic carbocycles. The number of nitrogens with zero attached hydrogens (tertiary/aromatic N) is 1. The predicted octanol–water partition coefficient (Wildman–Crippen LogP) is 2.24. The second kappa shape index (κ2) is 5.74. The number of hydrogen-bond acceptors (Lipinski definition) is 2. The van der Waals surface area contributed by atoms with Crippen molar-refractivity contribution in [3.05, 3.63) is 29.3 Å². The van der Waals surface area contributed by atoms with Crippen molar-refractivity contribution in [3.8, 4) is 0 Å². The van der Waals surface area contributed by atoms with E-state index in [0.717, 1.165) is 18.7 Å². The fraction of sp³-hybridized carbons (Fsp3) is 0.562. The van der Waals surface area contributed by atoms with Crippen LogP contribution >= 0.6 is 0 Å². The van der Waals surface area contributed by atoms with Crippen molar-refractivity contribution >= 4 is 11.6 Å². The molecular weight excluding hydrogens is 236 g/mol. The van der Waals surface area contributed by atoms with Gasteiger partial charge in [-0.05, 0) is 49.0 Å². The molecule has 0 radical (unpaired) electrons. The average molecular weight is 260 g/mol. The molecule has 1 amide bonds. The maximum atomic E-state index is 11.7. The zero-order chi connectivity index (χ0) is 14.0. The van der Waals surface area contributed by atoms with Crippen LogP contribution in [0.4, 0.5) is 5.69 Å². The molecule has 1 heterocycles. The van der Waals surface area contributed by atoms with Gasteiger partial charge in [0.1, 0.15) is 0 Å². The molecule has 0 bridgehead atoms. The molecule has 1 aliphatic heterocycles. The summed E-state index contributed by atoms with van der Waals surface area (Å²) < 4.78 is 0. The first-order valence-electron chi connectivity index (χ1n) is 7.06. The summed E-state index contributed by atoms with van der Waals surface area (Å²) in [5, 5.41) is 3.27. The summed E-state index contributed by atoms with van der Waals surface area (Å²) in [5.74, 6) is 1.49. The molecule has 104 valence electrons. The molecule has 0 saturated carbocycles. The Hall–Kier alpha value is -1.35. The largest absolute Gasteiger partial charge is 0.319 e. The summed E-state index contributed by atoms with van der Waals surface area (Å²) in [6, 6.07) is 6.47. The van der Waals surface area contributed by atoms with Gasteiger partial charge < -0.3 is 10.2 Å². The summed E-state index contributed by atoms with van der Waals surface area (Å²) in [6.45, 7) is 5.58. The molecule has 0 saturated heterocycles. The first kappa shape index (κ1) is 14.1. The zero-order valence-electron chi connectivity index (χ0n) is 12.4. The van der Waals surface area contributed by atoms with E-state index in [0.29, 0.717) is 18.3 Å². The van der Waals surface area contributed by atoms with E-state index in [-0.39, 0.29) is 5.91 Å². The van der Waals surface area contributed by atoms with Gasteiger partial charge in [0, 0.05) is 12.7 Å². The number of carbonyl (C=O) groups is 1. The number of hydrogen-bond donors (Lipinski definition) is 1. The number of carbonyl (C=O) groups excluding carboxylic acids is 1. The number of nitrogens with one attached hydrogen (secondary N) is 1. The predicted molar refractivity (Wildman–Crippen MR) is 79.5 cm³/mol. The van der Waals surface area contributed by atoms with Crippen LogP contribution in [0.2, 0.25) is 0 Å². The molecule has 3 nitrogen and oxygen atoms in total. The third-order valence-corrected chi connectivity index (χ3v) is 4.13. The highest BCUT2D eigenvalue weighted by molar-refractivity contribution is 6.00. The highest BCUT2D eigenvalue weighted by Gasteiger charge is 2.24. The molecule has 2 rings (SSSR count). The lowest BCUT2D eigenvalue weighted by Gasteiger charge is -2.21. The van der Waals surface area contributed by atoms with Crippen LogP contribution in [-0.4, -0.2) is 26.5 Å². The van der Waals surface area contributed by atoms with E-state index in [1.807, 2.05) is 14.1 Å². The zero-order valence-corrected chi connectivity index (χ0v) is 12.4. The second-order valence-corrected chi connectivity index (χ2v) is 5.86. The fourth-order valence-corrected chi connectivity index (χ4v) is 2.76. The van der Waals surface area contributed by atoms with Gasteiger partial charge in [-0.2, -0.15) is 0 Å². The second-order valence-electron chi connectivity index (χ2n) is 5.86. The molecule has 0 fully saturated rings. The molecule has 0 aromatic heterocycles. The number of fused-ring (bicyclic) bond motifs is 1. The first-order valence-corrected chi connectivity index (χ1v) is 7.06. The molecule has 3 heteroatoms. The third-order valence-electron chi connectivity index (χ3n) is 4.13. The van der Waals surface area contributed by atoms with Gasteiger partial charge in [-0.3, -0.25) is 4.79 Å². The van der Waals surface area contributed by atoms with Gasteiger partial charge in [-0.1, -0.05) is 26.0 Å². The van der Waals surface area contributed by atoms with Gasteiger partial charge in [0.05, 0.1) is 6.42 Å². The minimum Gasteiger partial charge on any atom is -0.319 e. The standard InChI is InChI=1S/C16H24N2O/c1-11(2)14(10-17-3)8-12-5-6-15-13(7-12)9-16(19)18(15)4/h5-7,11,14,17H,8-10H2,1-4H3. The molecule has 19 heavy (non-hydrogen) atoms. The third kappa shape index (κ3) is 2.98. The molecule has 1 aliphatic rings. The van der Waals surface area contributed by atoms with E-state index in [1.54, 1.807) is 4.90 Å². The Kier molecular flexibility index (Phi) is 4.25. The number of likely N-dealkylation sites (N-methyl/N-ethyl adjacent to an activating group) is 1. The minimum absolute atomic E-state index is 0.197. The Morgan fingerprint density at radius 2 is 2.11 bits per heavy atom. The number of benzene rings is 1. The summed E-state index contributed by atoms with van der Waals surface area (Å²) in [4.78, 5) is 13.4. The van der Waals surface area contributed by atoms with Crippen molar-refractivity contribution in [2.24, 2.45) is 11.8 Å². The fourth-order valence-electron chi connectivity index (χ4n) is 2.76. The van der Waals surface area contributed by atoms with Crippen LogP contribution in [0.1, 0.15) is 25.0 Å². The van der Waals surface area contributed by atoms with Crippen molar-refractivity contribution in [1.29, 1.82) is 0 Å². The summed E-state index contributed by atoms with van der Waals surface area (Å²) in [6.07, 6.45) is 1.63. The summed E-state index contributed by atoms with van der Waals surface area (Å²) in [7, 11) is 3.86. The molecule has 1 N–H and O–H groups in total. The van der Waals surface area contributed by atoms with Crippen LogP contribution in [-0.2, 0) is 17.6 Å². The summed E-state index contributed by atoms with van der Waals surface area (Å²) >= 11 is 0. The monoisotopic (exact) mass is 260 g/mol. The van der Waals surface area contributed by atoms with Crippen LogP contribution in [0.5, 0.6) is 0 Å². The normalized spacial score (nSPS) is 16.1. The maximum absolute atomic E-state index is 11.7. The van der Waals surface area contributed by atoms with Crippen LogP contribution < -0.4 is 10.2 Å². The van der Waals surface area contributed by atoms with E-state index >= 15 is 0 Å². The van der Waals surface area contributed by atoms with Gasteiger partial charge in [0.15, 0.2) is 0 Å². The van der Waals surface area contributed by atoms with E-state index in [9.17, 15) is 4.79 Å². The molecule has 1 unspecified atom stereocenters. The summed E-state index contributed by atoms with van der Waals surface area (Å²) in [5.41, 5.74) is 3.59. The van der Waals surface area contributed by atoms with E-state index in [1.165, 1.54) is 11.1 Å². The Balaban J connectivity index is 2.15. The van der Waals surface area contributed by atoms with Crippen LogP contribution in [0.25, 0.3) is 0 Å². The maximum Gasteiger partial charge on any atom is 0.231 e.